The van der Waals surface area contributed by atoms with E-state index in [0.717, 1.165) is 38.5 Å². The number of hydrogen-bond donors (Lipinski definition) is 2. The van der Waals surface area contributed by atoms with Gasteiger partial charge in [0.2, 0.25) is 20.8 Å². The van der Waals surface area contributed by atoms with Crippen LogP contribution in [0.2, 0.25) is 0 Å². The van der Waals surface area contributed by atoms with Gasteiger partial charge < -0.3 is 19.3 Å². The van der Waals surface area contributed by atoms with Gasteiger partial charge in [-0.2, -0.15) is 0 Å². The fraction of sp³-hybridized carbons (Fsp3) is 1.00. The molecule has 4 fully saturated rings. The average Bonchev–Trinajstić information content (AvgIpc) is 3.18. The molecular formula is C30H52O10S2-2. The summed E-state index contributed by atoms with van der Waals surface area (Å²) in [6.45, 7) is 17.0. The highest BCUT2D eigenvalue weighted by atomic mass is 32.3. The van der Waals surface area contributed by atoms with Gasteiger partial charge in [0.15, 0.2) is 0 Å². The number of rotatable bonds is 8. The van der Waals surface area contributed by atoms with Gasteiger partial charge in [0.05, 0.1) is 12.2 Å². The summed E-state index contributed by atoms with van der Waals surface area (Å²) in [6.07, 6.45) is 1.26. The van der Waals surface area contributed by atoms with Crippen molar-refractivity contribution in [2.24, 2.45) is 57.2 Å². The zero-order valence-electron chi connectivity index (χ0n) is 26.4. The molecule has 0 aromatic heterocycles. The van der Waals surface area contributed by atoms with Crippen molar-refractivity contribution in [2.75, 3.05) is 0 Å². The first-order valence-corrected chi connectivity index (χ1v) is 18.3. The lowest BCUT2D eigenvalue weighted by Gasteiger charge is -2.67. The van der Waals surface area contributed by atoms with Gasteiger partial charge in [-0.1, -0.05) is 55.4 Å². The standard InChI is InChI=1S/C30H54O10S2/c1-17(25(31)26(32)18(2)27(3,4)5)20-11-12-21-22-10-9-19-15-23(39-41(33,34)35)24(40-42(36,37)38)16-30(19,8)29(22,7)14-13-28(20,21)6/h17-26,31-32H,9-16H2,1-8H3,(H,33,34,35)(H,36,37,38)/p-2/t17-,18?,19-,20?,21-,22-,23-,24+,25?,26?,28+,29-,30-/m0/s1. The monoisotopic (exact) mass is 636 g/mol. The van der Waals surface area contributed by atoms with E-state index in [9.17, 15) is 36.2 Å². The molecule has 0 aromatic carbocycles. The van der Waals surface area contributed by atoms with Gasteiger partial charge in [-0.15, -0.1) is 0 Å². The molecule has 0 amide bonds. The van der Waals surface area contributed by atoms with Crippen molar-refractivity contribution < 1.29 is 44.5 Å². The van der Waals surface area contributed by atoms with E-state index in [2.05, 4.69) is 48.5 Å². The second-order valence-electron chi connectivity index (χ2n) is 16.0. The molecule has 246 valence electrons. The summed E-state index contributed by atoms with van der Waals surface area (Å²) >= 11 is 0. The third-order valence-corrected chi connectivity index (χ3v) is 14.4. The van der Waals surface area contributed by atoms with Crippen LogP contribution in [0.25, 0.3) is 0 Å². The van der Waals surface area contributed by atoms with Crippen LogP contribution in [-0.4, -0.2) is 60.6 Å². The molecular weight excluding hydrogens is 584 g/mol. The Morgan fingerprint density at radius 3 is 1.88 bits per heavy atom. The van der Waals surface area contributed by atoms with Gasteiger partial charge in [-0.05, 0) is 109 Å². The molecule has 4 aliphatic rings. The predicted molar refractivity (Wildman–Crippen MR) is 154 cm³/mol. The molecule has 0 bridgehead atoms. The van der Waals surface area contributed by atoms with Crippen LogP contribution in [0.3, 0.4) is 0 Å². The summed E-state index contributed by atoms with van der Waals surface area (Å²) in [6, 6.07) is 0. The molecule has 2 N–H and O–H groups in total. The molecule has 12 heteroatoms. The Kier molecular flexibility index (Phi) is 9.19. The molecule has 4 saturated carbocycles. The molecule has 4 rings (SSSR count). The third kappa shape index (κ3) is 6.09. The maximum atomic E-state index is 11.6. The first-order chi connectivity index (χ1) is 18.9. The van der Waals surface area contributed by atoms with Gasteiger partial charge in [0.1, 0.15) is 12.2 Å². The van der Waals surface area contributed by atoms with E-state index in [1.165, 1.54) is 0 Å². The molecule has 0 saturated heterocycles. The summed E-state index contributed by atoms with van der Waals surface area (Å²) in [5.74, 6) is 0.713. The predicted octanol–water partition coefficient (Wildman–Crippen LogP) is 4.38. The summed E-state index contributed by atoms with van der Waals surface area (Å²) < 4.78 is 78.9. The van der Waals surface area contributed by atoms with E-state index in [1.54, 1.807) is 0 Å². The van der Waals surface area contributed by atoms with Crippen LogP contribution in [0.1, 0.15) is 107 Å². The molecule has 4 aliphatic carbocycles. The molecule has 0 radical (unpaired) electrons. The SMILES string of the molecule is CC(C(O)C(O)[C@@H](C)C1CC[C@H]2[C@@H]3CC[C@H]4C[C@H](OS(=O)(=O)[O-])[C@H](OS(=O)(=O)[O-])C[C@]4(C)[C@@]3(C)CC[C@]12C)C(C)(C)C. The van der Waals surface area contributed by atoms with E-state index < -0.39 is 50.6 Å². The lowest BCUT2D eigenvalue weighted by Crippen LogP contribution is -2.62. The molecule has 0 aromatic rings. The fourth-order valence-corrected chi connectivity index (χ4v) is 11.4. The summed E-state index contributed by atoms with van der Waals surface area (Å²) in [5, 5.41) is 22.5. The fourth-order valence-electron chi connectivity index (χ4n) is 10.4. The van der Waals surface area contributed by atoms with Crippen molar-refractivity contribution in [1.29, 1.82) is 0 Å². The van der Waals surface area contributed by atoms with Crippen LogP contribution in [0.4, 0.5) is 0 Å². The maximum absolute atomic E-state index is 11.6. The summed E-state index contributed by atoms with van der Waals surface area (Å²) in [5.41, 5.74) is -0.894. The van der Waals surface area contributed by atoms with Gasteiger partial charge in [-0.25, -0.2) is 16.8 Å². The van der Waals surface area contributed by atoms with Crippen molar-refractivity contribution >= 4 is 20.8 Å². The Hall–Kier alpha value is -0.340. The Balaban J connectivity index is 1.60. The Bertz CT molecular complexity index is 1210. The maximum Gasteiger partial charge on any atom is 0.217 e. The number of aliphatic hydroxyl groups excluding tert-OH is 2. The Morgan fingerprint density at radius 1 is 0.786 bits per heavy atom. The molecule has 13 atom stereocenters. The highest BCUT2D eigenvalue weighted by molar-refractivity contribution is 7.81. The minimum Gasteiger partial charge on any atom is -0.726 e. The molecule has 42 heavy (non-hydrogen) atoms. The van der Waals surface area contributed by atoms with Crippen molar-refractivity contribution in [1.82, 2.24) is 0 Å². The largest absolute Gasteiger partial charge is 0.726 e. The lowest BCUT2D eigenvalue weighted by molar-refractivity contribution is -0.203. The first kappa shape index (κ1) is 34.5. The van der Waals surface area contributed by atoms with E-state index in [0.29, 0.717) is 11.8 Å². The van der Waals surface area contributed by atoms with Crippen LogP contribution in [0.5, 0.6) is 0 Å². The van der Waals surface area contributed by atoms with Crippen molar-refractivity contribution in [2.45, 2.75) is 131 Å². The van der Waals surface area contributed by atoms with Gasteiger partial charge in [-0.3, -0.25) is 8.37 Å². The molecule has 0 spiro atoms. The van der Waals surface area contributed by atoms with Crippen LogP contribution >= 0.6 is 0 Å². The lowest BCUT2D eigenvalue weighted by atomic mass is 9.38. The first-order valence-electron chi connectivity index (χ1n) is 15.6. The van der Waals surface area contributed by atoms with Gasteiger partial charge >= 0.3 is 0 Å². The second kappa shape index (κ2) is 11.2. The van der Waals surface area contributed by atoms with Crippen molar-refractivity contribution in [3.05, 3.63) is 0 Å². The van der Waals surface area contributed by atoms with Crippen molar-refractivity contribution in [3.8, 4) is 0 Å². The second-order valence-corrected chi connectivity index (χ2v) is 18.1. The highest BCUT2D eigenvalue weighted by Gasteiger charge is 2.67. The zero-order chi connectivity index (χ0) is 31.8. The smallest absolute Gasteiger partial charge is 0.217 e. The Morgan fingerprint density at radius 2 is 1.33 bits per heavy atom. The number of aliphatic hydroxyl groups is 2. The van der Waals surface area contributed by atoms with Gasteiger partial charge in [0.25, 0.3) is 0 Å². The average molecular weight is 637 g/mol. The number of hydrogen-bond acceptors (Lipinski definition) is 10. The minimum atomic E-state index is -5.17. The van der Waals surface area contributed by atoms with Gasteiger partial charge in [0, 0.05) is 0 Å². The number of fused-ring (bicyclic) bond motifs is 5. The molecule has 10 nitrogen and oxygen atoms in total. The van der Waals surface area contributed by atoms with E-state index in [-0.39, 0.29) is 52.8 Å². The molecule has 4 unspecified atom stereocenters. The van der Waals surface area contributed by atoms with Crippen LogP contribution < -0.4 is 0 Å². The Labute approximate surface area is 253 Å². The van der Waals surface area contributed by atoms with E-state index >= 15 is 0 Å². The normalized spacial score (nSPS) is 43.9. The minimum absolute atomic E-state index is 0.0314. The van der Waals surface area contributed by atoms with Crippen LogP contribution in [-0.2, 0) is 29.2 Å². The highest BCUT2D eigenvalue weighted by Crippen LogP contribution is 2.73. The summed E-state index contributed by atoms with van der Waals surface area (Å²) in [7, 11) is -10.3. The van der Waals surface area contributed by atoms with Crippen LogP contribution in [0, 0.1) is 57.2 Å². The zero-order valence-corrected chi connectivity index (χ0v) is 28.0. The third-order valence-electron chi connectivity index (χ3n) is 13.4. The summed E-state index contributed by atoms with van der Waals surface area (Å²) in [4.78, 5) is 0. The quantitative estimate of drug-likeness (QED) is 0.288. The topological polar surface area (TPSA) is 173 Å². The molecule has 0 aliphatic heterocycles. The van der Waals surface area contributed by atoms with Crippen molar-refractivity contribution in [3.63, 3.8) is 0 Å². The van der Waals surface area contributed by atoms with E-state index in [1.807, 2.05) is 6.92 Å². The molecule has 0 heterocycles. The van der Waals surface area contributed by atoms with E-state index in [4.69, 9.17) is 8.37 Å². The van der Waals surface area contributed by atoms with Crippen LogP contribution in [0.15, 0.2) is 0 Å².